The van der Waals surface area contributed by atoms with Gasteiger partial charge in [0, 0.05) is 37.5 Å². The lowest BCUT2D eigenvalue weighted by atomic mass is 9.84. The second-order valence-corrected chi connectivity index (χ2v) is 6.90. The standard InChI is InChI=1S/C18H26N2O2/c1-19-11-9-15(13-17(19)21)18(22)20-10-5-8-16(20)12-14-6-3-2-4-7-14/h9,11,13-14,16H,2-8,10,12H2,1H3/t16-/m0/s1. The molecule has 1 saturated heterocycles. The van der Waals surface area contributed by atoms with Gasteiger partial charge in [-0.25, -0.2) is 0 Å². The van der Waals surface area contributed by atoms with Crippen molar-refractivity contribution in [1.29, 1.82) is 0 Å². The number of pyridine rings is 1. The summed E-state index contributed by atoms with van der Waals surface area (Å²) in [6.07, 6.45) is 11.8. The van der Waals surface area contributed by atoms with Crippen molar-refractivity contribution in [3.8, 4) is 0 Å². The van der Waals surface area contributed by atoms with Gasteiger partial charge >= 0.3 is 0 Å². The van der Waals surface area contributed by atoms with Crippen LogP contribution in [-0.2, 0) is 7.05 Å². The van der Waals surface area contributed by atoms with E-state index in [4.69, 9.17) is 0 Å². The molecule has 1 amide bonds. The summed E-state index contributed by atoms with van der Waals surface area (Å²) in [6.45, 7) is 0.839. The molecule has 1 aliphatic heterocycles. The molecule has 2 fully saturated rings. The van der Waals surface area contributed by atoms with E-state index in [1.807, 2.05) is 4.90 Å². The van der Waals surface area contributed by atoms with Crippen LogP contribution in [0.1, 0.15) is 61.7 Å². The van der Waals surface area contributed by atoms with Gasteiger partial charge in [0.25, 0.3) is 11.5 Å². The third-order valence-corrected chi connectivity index (χ3v) is 5.32. The largest absolute Gasteiger partial charge is 0.336 e. The second kappa shape index (κ2) is 6.67. The number of hydrogen-bond donors (Lipinski definition) is 0. The summed E-state index contributed by atoms with van der Waals surface area (Å²) in [5, 5.41) is 0. The van der Waals surface area contributed by atoms with Gasteiger partial charge < -0.3 is 9.47 Å². The van der Waals surface area contributed by atoms with Crippen LogP contribution in [0.4, 0.5) is 0 Å². The smallest absolute Gasteiger partial charge is 0.254 e. The van der Waals surface area contributed by atoms with Crippen molar-refractivity contribution in [2.75, 3.05) is 6.54 Å². The molecule has 0 radical (unpaired) electrons. The molecule has 1 atom stereocenters. The summed E-state index contributed by atoms with van der Waals surface area (Å²) in [6, 6.07) is 3.61. The van der Waals surface area contributed by atoms with Gasteiger partial charge in [-0.15, -0.1) is 0 Å². The fourth-order valence-corrected chi connectivity index (χ4v) is 4.00. The Labute approximate surface area is 132 Å². The predicted molar refractivity (Wildman–Crippen MR) is 86.9 cm³/mol. The number of carbonyl (C=O) groups excluding carboxylic acids is 1. The Kier molecular flexibility index (Phi) is 4.65. The Hall–Kier alpha value is -1.58. The normalized spacial score (nSPS) is 23.0. The number of amides is 1. The molecule has 0 spiro atoms. The quantitative estimate of drug-likeness (QED) is 0.861. The lowest BCUT2D eigenvalue weighted by molar-refractivity contribution is 0.0711. The van der Waals surface area contributed by atoms with E-state index in [1.165, 1.54) is 42.7 Å². The molecule has 4 nitrogen and oxygen atoms in total. The maximum absolute atomic E-state index is 12.7. The molecule has 1 aromatic rings. The van der Waals surface area contributed by atoms with Crippen molar-refractivity contribution in [3.05, 3.63) is 34.2 Å². The molecule has 3 rings (SSSR count). The number of hydrogen-bond acceptors (Lipinski definition) is 2. The number of nitrogens with zero attached hydrogens (tertiary/aromatic N) is 2. The summed E-state index contributed by atoms with van der Waals surface area (Å²) < 4.78 is 1.50. The third-order valence-electron chi connectivity index (χ3n) is 5.32. The highest BCUT2D eigenvalue weighted by Gasteiger charge is 2.31. The molecule has 22 heavy (non-hydrogen) atoms. The molecule has 2 heterocycles. The van der Waals surface area contributed by atoms with Gasteiger partial charge in [-0.3, -0.25) is 9.59 Å². The summed E-state index contributed by atoms with van der Waals surface area (Å²) >= 11 is 0. The van der Waals surface area contributed by atoms with E-state index >= 15 is 0 Å². The fourth-order valence-electron chi connectivity index (χ4n) is 4.00. The Morgan fingerprint density at radius 2 is 1.95 bits per heavy atom. The van der Waals surface area contributed by atoms with E-state index in [2.05, 4.69) is 0 Å². The second-order valence-electron chi connectivity index (χ2n) is 6.90. The van der Waals surface area contributed by atoms with Crippen LogP contribution in [-0.4, -0.2) is 28.0 Å². The Morgan fingerprint density at radius 3 is 2.68 bits per heavy atom. The van der Waals surface area contributed by atoms with E-state index in [1.54, 1.807) is 19.3 Å². The zero-order valence-corrected chi connectivity index (χ0v) is 13.5. The van der Waals surface area contributed by atoms with Crippen LogP contribution in [0.5, 0.6) is 0 Å². The molecule has 1 aromatic heterocycles. The summed E-state index contributed by atoms with van der Waals surface area (Å²) in [4.78, 5) is 26.5. The molecule has 0 bridgehead atoms. The molecule has 0 aromatic carbocycles. The van der Waals surface area contributed by atoms with Gasteiger partial charge in [-0.05, 0) is 31.2 Å². The van der Waals surface area contributed by atoms with E-state index in [-0.39, 0.29) is 11.5 Å². The highest BCUT2D eigenvalue weighted by Crippen LogP contribution is 2.32. The monoisotopic (exact) mass is 302 g/mol. The topological polar surface area (TPSA) is 42.3 Å². The zero-order valence-electron chi connectivity index (χ0n) is 13.5. The Bertz CT molecular complexity index is 587. The van der Waals surface area contributed by atoms with Gasteiger partial charge in [0.1, 0.15) is 0 Å². The van der Waals surface area contributed by atoms with Crippen molar-refractivity contribution in [3.63, 3.8) is 0 Å². The lowest BCUT2D eigenvalue weighted by Gasteiger charge is -2.30. The van der Waals surface area contributed by atoms with Gasteiger partial charge in [0.05, 0.1) is 0 Å². The molecular formula is C18H26N2O2. The zero-order chi connectivity index (χ0) is 15.5. The van der Waals surface area contributed by atoms with Gasteiger partial charge in [0.2, 0.25) is 0 Å². The highest BCUT2D eigenvalue weighted by atomic mass is 16.2. The molecule has 0 N–H and O–H groups in total. The van der Waals surface area contributed by atoms with Gasteiger partial charge in [-0.1, -0.05) is 32.1 Å². The number of aromatic nitrogens is 1. The molecule has 2 aliphatic rings. The first-order valence-electron chi connectivity index (χ1n) is 8.63. The van der Waals surface area contributed by atoms with Crippen LogP contribution in [0.2, 0.25) is 0 Å². The minimum Gasteiger partial charge on any atom is -0.336 e. The van der Waals surface area contributed by atoms with E-state index in [0.717, 1.165) is 31.7 Å². The summed E-state index contributed by atoms with van der Waals surface area (Å²) in [7, 11) is 1.71. The maximum Gasteiger partial charge on any atom is 0.254 e. The van der Waals surface area contributed by atoms with Crippen LogP contribution in [0.15, 0.2) is 23.1 Å². The van der Waals surface area contributed by atoms with Crippen LogP contribution < -0.4 is 5.56 Å². The summed E-state index contributed by atoms with van der Waals surface area (Å²) in [5.41, 5.74) is 0.424. The fraction of sp³-hybridized carbons (Fsp3) is 0.667. The van der Waals surface area contributed by atoms with Gasteiger partial charge in [-0.2, -0.15) is 0 Å². The first kappa shape index (κ1) is 15.3. The van der Waals surface area contributed by atoms with Gasteiger partial charge in [0.15, 0.2) is 0 Å². The van der Waals surface area contributed by atoms with E-state index in [0.29, 0.717) is 11.6 Å². The predicted octanol–water partition coefficient (Wildman–Crippen LogP) is 2.96. The van der Waals surface area contributed by atoms with Crippen molar-refractivity contribution >= 4 is 5.91 Å². The average Bonchev–Trinajstić information content (AvgIpc) is 2.98. The van der Waals surface area contributed by atoms with Crippen LogP contribution in [0, 0.1) is 5.92 Å². The number of aryl methyl sites for hydroxylation is 1. The highest BCUT2D eigenvalue weighted by molar-refractivity contribution is 5.94. The van der Waals surface area contributed by atoms with E-state index < -0.39 is 0 Å². The lowest BCUT2D eigenvalue weighted by Crippen LogP contribution is -2.37. The molecule has 1 saturated carbocycles. The Morgan fingerprint density at radius 1 is 1.18 bits per heavy atom. The number of likely N-dealkylation sites (tertiary alicyclic amines) is 1. The molecule has 1 aliphatic carbocycles. The minimum atomic E-state index is -0.117. The van der Waals surface area contributed by atoms with Crippen molar-refractivity contribution in [2.24, 2.45) is 13.0 Å². The third kappa shape index (κ3) is 3.26. The van der Waals surface area contributed by atoms with Crippen molar-refractivity contribution in [2.45, 2.75) is 57.4 Å². The SMILES string of the molecule is Cn1ccc(C(=O)N2CCC[C@H]2CC2CCCCC2)cc1=O. The Balaban J connectivity index is 1.70. The summed E-state index contributed by atoms with van der Waals surface area (Å²) in [5.74, 6) is 0.826. The molecule has 0 unspecified atom stereocenters. The minimum absolute atomic E-state index is 0.0380. The number of carbonyl (C=O) groups is 1. The first-order valence-corrected chi connectivity index (χ1v) is 8.63. The average molecular weight is 302 g/mol. The van der Waals surface area contributed by atoms with Crippen molar-refractivity contribution < 1.29 is 4.79 Å². The molecule has 120 valence electrons. The van der Waals surface area contributed by atoms with Crippen LogP contribution in [0.3, 0.4) is 0 Å². The molecule has 4 heteroatoms. The molecular weight excluding hydrogens is 276 g/mol. The van der Waals surface area contributed by atoms with E-state index in [9.17, 15) is 9.59 Å². The maximum atomic E-state index is 12.7. The first-order chi connectivity index (χ1) is 10.6. The number of rotatable bonds is 3. The van der Waals surface area contributed by atoms with Crippen molar-refractivity contribution in [1.82, 2.24) is 9.47 Å². The van der Waals surface area contributed by atoms with Crippen LogP contribution in [0.25, 0.3) is 0 Å². The van der Waals surface area contributed by atoms with Crippen LogP contribution >= 0.6 is 0 Å².